The molecule has 2 aromatic rings. The van der Waals surface area contributed by atoms with Crippen molar-refractivity contribution in [2.45, 2.75) is 20.3 Å². The summed E-state index contributed by atoms with van der Waals surface area (Å²) in [5.74, 6) is 1.35. The Morgan fingerprint density at radius 2 is 1.70 bits per heavy atom. The number of carbonyl (C=O) groups excluding carboxylic acids is 2. The normalized spacial score (nSPS) is 15.6. The van der Waals surface area contributed by atoms with Crippen molar-refractivity contribution in [2.75, 3.05) is 31.7 Å². The van der Waals surface area contributed by atoms with Crippen molar-refractivity contribution in [3.05, 3.63) is 53.7 Å². The monoisotopic (exact) mass is 408 g/mol. The third-order valence-electron chi connectivity index (χ3n) is 4.88. The fraction of sp³-hybridized carbons (Fsp3) is 0.304. The lowest BCUT2D eigenvalue weighted by Gasteiger charge is -2.19. The fourth-order valence-corrected chi connectivity index (χ4v) is 3.54. The lowest BCUT2D eigenvalue weighted by Crippen LogP contribution is -2.33. The van der Waals surface area contributed by atoms with Crippen molar-refractivity contribution in [3.63, 3.8) is 0 Å². The van der Waals surface area contributed by atoms with E-state index in [9.17, 15) is 9.59 Å². The zero-order chi connectivity index (χ0) is 21.1. The van der Waals surface area contributed by atoms with Crippen LogP contribution in [0.1, 0.15) is 25.8 Å². The summed E-state index contributed by atoms with van der Waals surface area (Å²) < 4.78 is 16.7. The van der Waals surface area contributed by atoms with Crippen molar-refractivity contribution in [3.8, 4) is 17.2 Å². The van der Waals surface area contributed by atoms with Crippen LogP contribution in [-0.4, -0.2) is 43.1 Å². The van der Waals surface area contributed by atoms with Crippen LogP contribution in [0.3, 0.4) is 0 Å². The number of hydrogen-bond acceptors (Lipinski definition) is 6. The number of amides is 2. The van der Waals surface area contributed by atoms with Gasteiger partial charge in [-0.3, -0.25) is 14.5 Å². The largest absolute Gasteiger partial charge is 0.494 e. The molecule has 2 amide bonds. The van der Waals surface area contributed by atoms with Crippen molar-refractivity contribution < 1.29 is 23.8 Å². The number of nitrogens with zero attached hydrogens (tertiary/aromatic N) is 1. The van der Waals surface area contributed by atoms with E-state index in [1.807, 2.05) is 13.8 Å². The number of carbonyl (C=O) groups is 2. The lowest BCUT2D eigenvalue weighted by molar-refractivity contribution is -0.136. The molecule has 4 rings (SSSR count). The number of benzene rings is 2. The molecule has 0 saturated heterocycles. The second-order valence-corrected chi connectivity index (χ2v) is 6.95. The maximum atomic E-state index is 13.1. The number of hydrogen-bond donors (Lipinski definition) is 1. The molecule has 0 aliphatic carbocycles. The summed E-state index contributed by atoms with van der Waals surface area (Å²) in [6.07, 6.45) is 0.686. The van der Waals surface area contributed by atoms with Gasteiger partial charge >= 0.3 is 0 Å². The van der Waals surface area contributed by atoms with Crippen molar-refractivity contribution in [2.24, 2.45) is 0 Å². The maximum absolute atomic E-state index is 13.1. The van der Waals surface area contributed by atoms with Crippen LogP contribution in [0.4, 0.5) is 5.69 Å². The summed E-state index contributed by atoms with van der Waals surface area (Å²) in [5, 5.41) is 3.15. The van der Waals surface area contributed by atoms with Crippen LogP contribution in [0.15, 0.2) is 48.2 Å². The Morgan fingerprint density at radius 3 is 2.40 bits per heavy atom. The van der Waals surface area contributed by atoms with E-state index in [-0.39, 0.29) is 17.5 Å². The average Bonchev–Trinajstić information content (AvgIpc) is 2.99. The van der Waals surface area contributed by atoms with Crippen LogP contribution in [0.5, 0.6) is 17.2 Å². The summed E-state index contributed by atoms with van der Waals surface area (Å²) in [5.41, 5.74) is 1.92. The summed E-state index contributed by atoms with van der Waals surface area (Å²) in [7, 11) is 0. The van der Waals surface area contributed by atoms with Gasteiger partial charge in [0.25, 0.3) is 11.8 Å². The summed E-state index contributed by atoms with van der Waals surface area (Å²) >= 11 is 0. The number of anilines is 1. The number of ether oxygens (including phenoxy) is 3. The van der Waals surface area contributed by atoms with Gasteiger partial charge in [-0.2, -0.15) is 0 Å². The minimum atomic E-state index is -0.333. The molecule has 0 bridgehead atoms. The molecule has 2 aliphatic heterocycles. The second-order valence-electron chi connectivity index (χ2n) is 6.95. The quantitative estimate of drug-likeness (QED) is 0.707. The van der Waals surface area contributed by atoms with E-state index >= 15 is 0 Å². The van der Waals surface area contributed by atoms with Gasteiger partial charge in [-0.1, -0.05) is 19.1 Å². The van der Waals surface area contributed by atoms with Gasteiger partial charge in [-0.05, 0) is 43.2 Å². The molecule has 30 heavy (non-hydrogen) atoms. The molecular formula is C23H24N2O5. The van der Waals surface area contributed by atoms with Crippen LogP contribution in [0, 0.1) is 0 Å². The first-order valence-electron chi connectivity index (χ1n) is 10.1. The SMILES string of the molecule is CCCN1C(=O)C(Nc2ccc3c(c2)OCCO3)=C(c2ccc(OCC)cc2)C1=O. The van der Waals surface area contributed by atoms with E-state index in [2.05, 4.69) is 5.32 Å². The summed E-state index contributed by atoms with van der Waals surface area (Å²) in [6, 6.07) is 12.6. The van der Waals surface area contributed by atoms with E-state index in [1.165, 1.54) is 4.90 Å². The van der Waals surface area contributed by atoms with Crippen molar-refractivity contribution in [1.29, 1.82) is 0 Å². The van der Waals surface area contributed by atoms with Gasteiger partial charge in [0.15, 0.2) is 11.5 Å². The van der Waals surface area contributed by atoms with Gasteiger partial charge < -0.3 is 19.5 Å². The Bertz CT molecular complexity index is 997. The number of nitrogens with one attached hydrogen (secondary N) is 1. The predicted octanol–water partition coefficient (Wildman–Crippen LogP) is 3.46. The molecule has 0 aromatic heterocycles. The topological polar surface area (TPSA) is 77.1 Å². The Morgan fingerprint density at radius 1 is 0.967 bits per heavy atom. The van der Waals surface area contributed by atoms with Gasteiger partial charge in [0.05, 0.1) is 12.2 Å². The second kappa shape index (κ2) is 8.49. The first-order chi connectivity index (χ1) is 14.6. The highest BCUT2D eigenvalue weighted by atomic mass is 16.6. The van der Waals surface area contributed by atoms with Crippen LogP contribution >= 0.6 is 0 Å². The zero-order valence-corrected chi connectivity index (χ0v) is 17.1. The fourth-order valence-electron chi connectivity index (χ4n) is 3.54. The number of fused-ring (bicyclic) bond motifs is 1. The minimum absolute atomic E-state index is 0.259. The average molecular weight is 408 g/mol. The molecule has 0 atom stereocenters. The Kier molecular flexibility index (Phi) is 5.61. The Hall–Kier alpha value is -3.48. The highest BCUT2D eigenvalue weighted by Gasteiger charge is 2.38. The van der Waals surface area contributed by atoms with E-state index in [1.54, 1.807) is 42.5 Å². The standard InChI is InChI=1S/C23H24N2O5/c1-3-11-25-22(26)20(15-5-8-17(9-6-15)28-4-2)21(23(25)27)24-16-7-10-18-19(14-16)30-13-12-29-18/h5-10,14,24H,3-4,11-13H2,1-2H3. The van der Waals surface area contributed by atoms with Crippen LogP contribution in [0.25, 0.3) is 5.57 Å². The zero-order valence-electron chi connectivity index (χ0n) is 17.1. The Labute approximate surface area is 175 Å². The number of imide groups is 1. The first-order valence-corrected chi connectivity index (χ1v) is 10.1. The molecule has 156 valence electrons. The van der Waals surface area contributed by atoms with E-state index in [4.69, 9.17) is 14.2 Å². The molecular weight excluding hydrogens is 384 g/mol. The van der Waals surface area contributed by atoms with Crippen LogP contribution < -0.4 is 19.5 Å². The highest BCUT2D eigenvalue weighted by molar-refractivity contribution is 6.36. The third kappa shape index (κ3) is 3.70. The third-order valence-corrected chi connectivity index (χ3v) is 4.88. The smallest absolute Gasteiger partial charge is 0.278 e. The molecule has 7 nitrogen and oxygen atoms in total. The van der Waals surface area contributed by atoms with Crippen LogP contribution in [-0.2, 0) is 9.59 Å². The molecule has 0 fully saturated rings. The molecule has 7 heteroatoms. The molecule has 0 radical (unpaired) electrons. The molecule has 1 N–H and O–H groups in total. The Balaban J connectivity index is 1.71. The summed E-state index contributed by atoms with van der Waals surface area (Å²) in [6.45, 7) is 5.74. The van der Waals surface area contributed by atoms with Crippen LogP contribution in [0.2, 0.25) is 0 Å². The molecule has 2 aromatic carbocycles. The molecule has 2 aliphatic rings. The molecule has 2 heterocycles. The lowest BCUT2D eigenvalue weighted by atomic mass is 10.0. The van der Waals surface area contributed by atoms with Gasteiger partial charge in [0, 0.05) is 18.3 Å². The minimum Gasteiger partial charge on any atom is -0.494 e. The van der Waals surface area contributed by atoms with Gasteiger partial charge in [-0.25, -0.2) is 0 Å². The van der Waals surface area contributed by atoms with Gasteiger partial charge in [0.2, 0.25) is 0 Å². The molecule has 0 saturated carbocycles. The van der Waals surface area contributed by atoms with Crippen molar-refractivity contribution in [1.82, 2.24) is 4.90 Å². The van der Waals surface area contributed by atoms with Gasteiger partial charge in [0.1, 0.15) is 24.7 Å². The van der Waals surface area contributed by atoms with Gasteiger partial charge in [-0.15, -0.1) is 0 Å². The van der Waals surface area contributed by atoms with E-state index in [0.29, 0.717) is 66.9 Å². The highest BCUT2D eigenvalue weighted by Crippen LogP contribution is 2.35. The van der Waals surface area contributed by atoms with E-state index < -0.39 is 0 Å². The summed E-state index contributed by atoms with van der Waals surface area (Å²) in [4.78, 5) is 27.4. The maximum Gasteiger partial charge on any atom is 0.278 e. The van der Waals surface area contributed by atoms with E-state index in [0.717, 1.165) is 0 Å². The molecule has 0 unspecified atom stereocenters. The predicted molar refractivity (Wildman–Crippen MR) is 113 cm³/mol. The molecule has 0 spiro atoms. The number of rotatable bonds is 7. The first kappa shape index (κ1) is 19.8. The van der Waals surface area contributed by atoms with Crippen molar-refractivity contribution >= 4 is 23.1 Å².